The Morgan fingerprint density at radius 1 is 0.975 bits per heavy atom. The lowest BCUT2D eigenvalue weighted by Gasteiger charge is -2.18. The summed E-state index contributed by atoms with van der Waals surface area (Å²) in [7, 11) is 0. The van der Waals surface area contributed by atoms with E-state index in [2.05, 4.69) is 25.8 Å². The Kier molecular flexibility index (Phi) is 8.95. The minimum atomic E-state index is -0.741. The third kappa shape index (κ3) is 6.90. The van der Waals surface area contributed by atoms with Crippen LogP contribution < -0.4 is 4.74 Å². The van der Waals surface area contributed by atoms with E-state index in [0.29, 0.717) is 28.4 Å². The number of ether oxygens (including phenoxy) is 2. The molecule has 1 heterocycles. The molecule has 4 rings (SSSR count). The first-order chi connectivity index (χ1) is 19.1. The van der Waals surface area contributed by atoms with Crippen LogP contribution in [0.15, 0.2) is 94.0 Å². The van der Waals surface area contributed by atoms with Crippen LogP contribution in [0.5, 0.6) is 5.75 Å². The summed E-state index contributed by atoms with van der Waals surface area (Å²) in [6.45, 7) is 10.5. The molecule has 206 valence electrons. The van der Waals surface area contributed by atoms with Crippen LogP contribution in [0.3, 0.4) is 0 Å². The van der Waals surface area contributed by atoms with Gasteiger partial charge in [0.05, 0.1) is 11.5 Å². The molecule has 40 heavy (non-hydrogen) atoms. The standard InChI is InChI=1S/C33H33NO5S/c1-6-38-32(37)28-29(35)27(40-31(28)34-30(36)23-15-17-25(18-16-23)33(3,4)5)19-24-9-7-8-10-26(24)39-20-22-13-11-21(2)12-14-22/h7-19,35H,6,20H2,1-5H3. The summed E-state index contributed by atoms with van der Waals surface area (Å²) in [5.41, 5.74) is 4.19. The number of nitrogens with zero attached hydrogens (tertiary/aromatic N) is 1. The molecule has 1 aliphatic heterocycles. The van der Waals surface area contributed by atoms with Crippen molar-refractivity contribution in [3.05, 3.63) is 117 Å². The van der Waals surface area contributed by atoms with Crippen molar-refractivity contribution in [3.8, 4) is 5.75 Å². The molecule has 7 heteroatoms. The van der Waals surface area contributed by atoms with Crippen molar-refractivity contribution in [2.45, 2.75) is 46.6 Å². The van der Waals surface area contributed by atoms with Gasteiger partial charge < -0.3 is 14.6 Å². The molecule has 0 spiro atoms. The summed E-state index contributed by atoms with van der Waals surface area (Å²) in [5.74, 6) is -0.927. The van der Waals surface area contributed by atoms with Gasteiger partial charge in [-0.25, -0.2) is 9.79 Å². The Balaban J connectivity index is 1.64. The summed E-state index contributed by atoms with van der Waals surface area (Å²) in [6.07, 6.45) is 1.72. The lowest BCUT2D eigenvalue weighted by Crippen LogP contribution is -2.14. The number of hydrogen-bond acceptors (Lipinski definition) is 6. The highest BCUT2D eigenvalue weighted by molar-refractivity contribution is 8.18. The molecule has 0 bridgehead atoms. The number of aryl methyl sites for hydroxylation is 1. The predicted octanol–water partition coefficient (Wildman–Crippen LogP) is 7.57. The van der Waals surface area contributed by atoms with Gasteiger partial charge in [-0.05, 0) is 54.7 Å². The highest BCUT2D eigenvalue weighted by Gasteiger charge is 2.34. The van der Waals surface area contributed by atoms with Crippen molar-refractivity contribution < 1.29 is 24.2 Å². The van der Waals surface area contributed by atoms with Gasteiger partial charge in [-0.1, -0.05) is 92.7 Å². The predicted molar refractivity (Wildman–Crippen MR) is 161 cm³/mol. The van der Waals surface area contributed by atoms with Gasteiger partial charge >= 0.3 is 5.97 Å². The van der Waals surface area contributed by atoms with Crippen LogP contribution in [0.2, 0.25) is 0 Å². The maximum atomic E-state index is 13.1. The Morgan fingerprint density at radius 2 is 1.65 bits per heavy atom. The maximum absolute atomic E-state index is 13.1. The van der Waals surface area contributed by atoms with E-state index in [1.807, 2.05) is 67.6 Å². The SMILES string of the molecule is CCOC(=O)C1=C(O)C(=Cc2ccccc2OCc2ccc(C)cc2)SC1=NC(=O)c1ccc(C(C)(C)C)cc1. The van der Waals surface area contributed by atoms with Crippen LogP contribution in [-0.2, 0) is 21.6 Å². The molecule has 3 aromatic rings. The lowest BCUT2D eigenvalue weighted by molar-refractivity contribution is -0.138. The number of aliphatic hydroxyl groups is 1. The van der Waals surface area contributed by atoms with Crippen molar-refractivity contribution in [3.63, 3.8) is 0 Å². The van der Waals surface area contributed by atoms with Crippen molar-refractivity contribution in [1.29, 1.82) is 0 Å². The normalized spacial score (nSPS) is 15.5. The molecular formula is C33H33NO5S. The number of carbonyl (C=O) groups is 2. The third-order valence-corrected chi connectivity index (χ3v) is 7.31. The van der Waals surface area contributed by atoms with Crippen LogP contribution in [0.25, 0.3) is 6.08 Å². The highest BCUT2D eigenvalue weighted by atomic mass is 32.2. The van der Waals surface area contributed by atoms with E-state index in [9.17, 15) is 14.7 Å². The fourth-order valence-electron chi connectivity index (χ4n) is 3.98. The van der Waals surface area contributed by atoms with Gasteiger partial charge in [0.15, 0.2) is 0 Å². The Labute approximate surface area is 239 Å². The van der Waals surface area contributed by atoms with E-state index in [1.165, 1.54) is 5.56 Å². The number of aliphatic hydroxyl groups excluding tert-OH is 1. The van der Waals surface area contributed by atoms with Crippen LogP contribution in [0.1, 0.15) is 60.3 Å². The summed E-state index contributed by atoms with van der Waals surface area (Å²) >= 11 is 1.04. The zero-order valence-electron chi connectivity index (χ0n) is 23.4. The van der Waals surface area contributed by atoms with Crippen molar-refractivity contribution in [2.75, 3.05) is 6.61 Å². The van der Waals surface area contributed by atoms with Crippen molar-refractivity contribution in [2.24, 2.45) is 4.99 Å². The molecule has 0 atom stereocenters. The van der Waals surface area contributed by atoms with Gasteiger partial charge in [-0.15, -0.1) is 0 Å². The number of aliphatic imine (C=N–C) groups is 1. The average Bonchev–Trinajstić information content (AvgIpc) is 3.22. The summed E-state index contributed by atoms with van der Waals surface area (Å²) < 4.78 is 11.2. The van der Waals surface area contributed by atoms with Gasteiger partial charge in [0.2, 0.25) is 0 Å². The zero-order chi connectivity index (χ0) is 28.9. The second-order valence-electron chi connectivity index (χ2n) is 10.4. The highest BCUT2D eigenvalue weighted by Crippen LogP contribution is 2.40. The maximum Gasteiger partial charge on any atom is 0.344 e. The van der Waals surface area contributed by atoms with Crippen LogP contribution in [-0.4, -0.2) is 28.6 Å². The van der Waals surface area contributed by atoms with Gasteiger partial charge in [0.25, 0.3) is 5.91 Å². The van der Waals surface area contributed by atoms with E-state index >= 15 is 0 Å². The largest absolute Gasteiger partial charge is 0.506 e. The fourth-order valence-corrected chi connectivity index (χ4v) is 4.98. The first-order valence-corrected chi connectivity index (χ1v) is 13.9. The number of amides is 1. The number of para-hydroxylation sites is 1. The fraction of sp³-hybridized carbons (Fsp3) is 0.242. The van der Waals surface area contributed by atoms with Gasteiger partial charge in [-0.3, -0.25) is 4.79 Å². The van der Waals surface area contributed by atoms with Crippen LogP contribution in [0.4, 0.5) is 0 Å². The minimum absolute atomic E-state index is 0.0553. The molecule has 0 radical (unpaired) electrons. The lowest BCUT2D eigenvalue weighted by atomic mass is 9.87. The number of rotatable bonds is 7. The number of hydrogen-bond donors (Lipinski definition) is 1. The van der Waals surface area contributed by atoms with Gasteiger partial charge in [-0.2, -0.15) is 0 Å². The molecule has 3 aromatic carbocycles. The Hall–Kier alpha value is -4.10. The van der Waals surface area contributed by atoms with E-state index in [-0.39, 0.29) is 28.4 Å². The molecule has 0 saturated heterocycles. The molecule has 6 nitrogen and oxygen atoms in total. The third-order valence-electron chi connectivity index (χ3n) is 6.29. The smallest absolute Gasteiger partial charge is 0.344 e. The Bertz CT molecular complexity index is 1490. The molecule has 1 N–H and O–H groups in total. The molecule has 1 amide bonds. The van der Waals surface area contributed by atoms with Gasteiger partial charge in [0.1, 0.15) is 28.7 Å². The zero-order valence-corrected chi connectivity index (χ0v) is 24.2. The number of thioether (sulfide) groups is 1. The van der Waals surface area contributed by atoms with Gasteiger partial charge in [0, 0.05) is 11.1 Å². The minimum Gasteiger partial charge on any atom is -0.506 e. The van der Waals surface area contributed by atoms with Crippen LogP contribution >= 0.6 is 11.8 Å². The molecule has 0 unspecified atom stereocenters. The Morgan fingerprint density at radius 3 is 2.30 bits per heavy atom. The average molecular weight is 556 g/mol. The molecular weight excluding hydrogens is 522 g/mol. The topological polar surface area (TPSA) is 85.2 Å². The summed E-state index contributed by atoms with van der Waals surface area (Å²) in [6, 6.07) is 22.7. The summed E-state index contributed by atoms with van der Waals surface area (Å²) in [4.78, 5) is 30.4. The van der Waals surface area contributed by atoms with E-state index in [1.54, 1.807) is 25.1 Å². The monoisotopic (exact) mass is 555 g/mol. The van der Waals surface area contributed by atoms with E-state index in [4.69, 9.17) is 9.47 Å². The van der Waals surface area contributed by atoms with Crippen molar-refractivity contribution in [1.82, 2.24) is 0 Å². The molecule has 0 aliphatic carbocycles. The van der Waals surface area contributed by atoms with E-state index in [0.717, 1.165) is 22.9 Å². The first-order valence-electron chi connectivity index (χ1n) is 13.1. The second-order valence-corrected chi connectivity index (χ2v) is 11.4. The second kappa shape index (κ2) is 12.4. The molecule has 0 fully saturated rings. The summed E-state index contributed by atoms with van der Waals surface area (Å²) in [5, 5.41) is 11.2. The van der Waals surface area contributed by atoms with Crippen molar-refractivity contribution >= 4 is 34.8 Å². The van der Waals surface area contributed by atoms with Crippen LogP contribution in [0, 0.1) is 6.92 Å². The molecule has 1 aliphatic rings. The number of benzene rings is 3. The molecule has 0 saturated carbocycles. The number of carbonyl (C=O) groups excluding carboxylic acids is 2. The van der Waals surface area contributed by atoms with E-state index < -0.39 is 11.9 Å². The first kappa shape index (κ1) is 28.9. The molecule has 0 aromatic heterocycles. The number of esters is 1. The quantitative estimate of drug-likeness (QED) is 0.303.